The fourth-order valence-corrected chi connectivity index (χ4v) is 0.0430. The molecule has 0 heterocycles. The number of hydrogen-bond acceptors (Lipinski definition) is 2. The summed E-state index contributed by atoms with van der Waals surface area (Å²) < 4.78 is 0. The molecule has 0 aliphatic carbocycles. The first-order valence-electron chi connectivity index (χ1n) is 1.87. The summed E-state index contributed by atoms with van der Waals surface area (Å²) in [5, 5.41) is 8.10. The van der Waals surface area contributed by atoms with Crippen molar-refractivity contribution in [3.05, 3.63) is 0 Å². The summed E-state index contributed by atoms with van der Waals surface area (Å²) in [5.74, 6) is -0.190. The van der Waals surface area contributed by atoms with E-state index in [-0.39, 0.29) is 12.5 Å². The van der Waals surface area contributed by atoms with Crippen LogP contribution in [-0.4, -0.2) is 18.0 Å². The highest BCUT2D eigenvalue weighted by Crippen LogP contribution is 1.81. The van der Waals surface area contributed by atoms with Gasteiger partial charge in [0.25, 0.3) is 0 Å². The van der Waals surface area contributed by atoms with Gasteiger partial charge in [0.2, 0.25) is 0 Å². The molecule has 0 aromatic carbocycles. The lowest BCUT2D eigenvalue weighted by molar-refractivity contribution is -0.111. The maximum Gasteiger partial charge on any atom is 0.125 e. The summed E-state index contributed by atoms with van der Waals surface area (Å²) in [6.45, 7) is 1.62. The van der Waals surface area contributed by atoms with Crippen molar-refractivity contribution >= 4 is 6.29 Å². The van der Waals surface area contributed by atoms with E-state index >= 15 is 0 Å². The zero-order valence-corrected chi connectivity index (χ0v) is 3.72. The average Bonchev–Trinajstić information content (AvgIpc) is 1.65. The Morgan fingerprint density at radius 1 is 2.00 bits per heavy atom. The van der Waals surface area contributed by atoms with Gasteiger partial charge in [-0.25, -0.2) is 0 Å². The van der Waals surface area contributed by atoms with Gasteiger partial charge in [-0.2, -0.15) is 0 Å². The van der Waals surface area contributed by atoms with Crippen LogP contribution in [0, 0.1) is 5.92 Å². The number of aldehydes is 1. The molecule has 36 valence electrons. The largest absolute Gasteiger partial charge is 0.396 e. The van der Waals surface area contributed by atoms with Gasteiger partial charge < -0.3 is 9.90 Å². The van der Waals surface area contributed by atoms with Gasteiger partial charge in [-0.1, -0.05) is 6.92 Å². The zero-order chi connectivity index (χ0) is 4.99. The zero-order valence-electron chi connectivity index (χ0n) is 3.72. The Morgan fingerprint density at radius 2 is 2.50 bits per heavy atom. The minimum Gasteiger partial charge on any atom is -0.396 e. The van der Waals surface area contributed by atoms with E-state index in [1.165, 1.54) is 0 Å². The summed E-state index contributed by atoms with van der Waals surface area (Å²) in [6, 6.07) is 0. The van der Waals surface area contributed by atoms with E-state index in [1.807, 2.05) is 0 Å². The van der Waals surface area contributed by atoms with Crippen molar-refractivity contribution in [2.24, 2.45) is 5.92 Å². The molecule has 0 aromatic rings. The second-order valence-corrected chi connectivity index (χ2v) is 1.30. The van der Waals surface area contributed by atoms with Crippen molar-refractivity contribution < 1.29 is 9.90 Å². The molecule has 0 rings (SSSR count). The van der Waals surface area contributed by atoms with Gasteiger partial charge in [0, 0.05) is 5.92 Å². The molecule has 0 saturated carbocycles. The number of aliphatic hydroxyl groups is 1. The van der Waals surface area contributed by atoms with E-state index in [4.69, 9.17) is 5.11 Å². The Bertz CT molecular complexity index is 42.8. The van der Waals surface area contributed by atoms with Gasteiger partial charge in [-0.15, -0.1) is 0 Å². The molecule has 0 aliphatic rings. The van der Waals surface area contributed by atoms with Crippen molar-refractivity contribution in [2.45, 2.75) is 6.92 Å². The Hall–Kier alpha value is -0.370. The van der Waals surface area contributed by atoms with Crippen molar-refractivity contribution in [3.8, 4) is 0 Å². The minimum absolute atomic E-state index is 0.0382. The van der Waals surface area contributed by atoms with Crippen LogP contribution in [-0.2, 0) is 4.79 Å². The molecule has 0 saturated heterocycles. The van der Waals surface area contributed by atoms with Crippen molar-refractivity contribution in [1.29, 1.82) is 0 Å². The summed E-state index contributed by atoms with van der Waals surface area (Å²) in [5.41, 5.74) is 0. The van der Waals surface area contributed by atoms with Gasteiger partial charge in [0.15, 0.2) is 0 Å². The molecule has 2 heteroatoms. The predicted molar refractivity (Wildman–Crippen MR) is 22.3 cm³/mol. The molecule has 0 aliphatic heterocycles. The SMILES string of the molecule is CC(C=O)CO. The minimum atomic E-state index is -0.190. The predicted octanol–water partition coefficient (Wildman–Crippen LogP) is -0.186. The first-order valence-corrected chi connectivity index (χ1v) is 1.87. The Balaban J connectivity index is 2.96. The highest BCUT2D eigenvalue weighted by Gasteiger charge is 1.90. The fraction of sp³-hybridized carbons (Fsp3) is 0.750. The highest BCUT2D eigenvalue weighted by atomic mass is 16.3. The highest BCUT2D eigenvalue weighted by molar-refractivity contribution is 5.52. The second kappa shape index (κ2) is 2.85. The van der Waals surface area contributed by atoms with E-state index in [2.05, 4.69) is 0 Å². The summed E-state index contributed by atoms with van der Waals surface area (Å²) in [7, 11) is 0. The van der Waals surface area contributed by atoms with Crippen LogP contribution in [0.15, 0.2) is 0 Å². The lowest BCUT2D eigenvalue weighted by atomic mass is 10.2. The molecule has 0 fully saturated rings. The van der Waals surface area contributed by atoms with Crippen LogP contribution in [0.3, 0.4) is 0 Å². The monoisotopic (exact) mass is 88.1 g/mol. The standard InChI is InChI=1S/C4H8O2/c1-4(2-5)3-6/h2,4,6H,3H2,1H3. The van der Waals surface area contributed by atoms with Gasteiger partial charge in [-0.05, 0) is 0 Å². The quantitative estimate of drug-likeness (QED) is 0.475. The maximum absolute atomic E-state index is 9.58. The Kier molecular flexibility index (Phi) is 2.67. The molecule has 6 heavy (non-hydrogen) atoms. The number of aliphatic hydroxyl groups excluding tert-OH is 1. The van der Waals surface area contributed by atoms with E-state index in [0.717, 1.165) is 6.29 Å². The number of carbonyl (C=O) groups is 1. The van der Waals surface area contributed by atoms with Crippen LogP contribution < -0.4 is 0 Å². The number of carbonyl (C=O) groups excluding carboxylic acids is 1. The average molecular weight is 88.1 g/mol. The van der Waals surface area contributed by atoms with E-state index in [1.54, 1.807) is 6.92 Å². The second-order valence-electron chi connectivity index (χ2n) is 1.30. The molecule has 1 N–H and O–H groups in total. The third-order valence-electron chi connectivity index (χ3n) is 0.520. The Labute approximate surface area is 36.8 Å². The van der Waals surface area contributed by atoms with Crippen LogP contribution in [0.4, 0.5) is 0 Å². The molecule has 0 bridgehead atoms. The molecule has 0 amide bonds. The van der Waals surface area contributed by atoms with Gasteiger partial charge >= 0.3 is 0 Å². The Morgan fingerprint density at radius 3 is 2.50 bits per heavy atom. The molecular weight excluding hydrogens is 80.0 g/mol. The van der Waals surface area contributed by atoms with Crippen molar-refractivity contribution in [3.63, 3.8) is 0 Å². The smallest absolute Gasteiger partial charge is 0.125 e. The first kappa shape index (κ1) is 5.63. The van der Waals surface area contributed by atoms with Crippen LogP contribution in [0.5, 0.6) is 0 Å². The van der Waals surface area contributed by atoms with Crippen LogP contribution in [0.2, 0.25) is 0 Å². The number of hydrogen-bond donors (Lipinski definition) is 1. The van der Waals surface area contributed by atoms with Gasteiger partial charge in [0.05, 0.1) is 6.61 Å². The molecule has 0 spiro atoms. The normalized spacial score (nSPS) is 13.7. The topological polar surface area (TPSA) is 37.3 Å². The third-order valence-corrected chi connectivity index (χ3v) is 0.520. The lowest BCUT2D eigenvalue weighted by Crippen LogP contribution is -1.99. The van der Waals surface area contributed by atoms with Crippen LogP contribution in [0.1, 0.15) is 6.92 Å². The molecule has 0 aromatic heterocycles. The van der Waals surface area contributed by atoms with Gasteiger partial charge in [0.1, 0.15) is 6.29 Å². The molecule has 1 unspecified atom stereocenters. The van der Waals surface area contributed by atoms with E-state index < -0.39 is 0 Å². The van der Waals surface area contributed by atoms with Crippen molar-refractivity contribution in [1.82, 2.24) is 0 Å². The van der Waals surface area contributed by atoms with Gasteiger partial charge in [-0.3, -0.25) is 0 Å². The summed E-state index contributed by atoms with van der Waals surface area (Å²) in [6.07, 6.45) is 0.722. The lowest BCUT2D eigenvalue weighted by Gasteiger charge is -1.89. The summed E-state index contributed by atoms with van der Waals surface area (Å²) in [4.78, 5) is 9.58. The third kappa shape index (κ3) is 1.91. The fourth-order valence-electron chi connectivity index (χ4n) is 0.0430. The van der Waals surface area contributed by atoms with E-state index in [9.17, 15) is 4.79 Å². The van der Waals surface area contributed by atoms with Crippen LogP contribution in [0.25, 0.3) is 0 Å². The first-order chi connectivity index (χ1) is 2.81. The molecule has 1 atom stereocenters. The maximum atomic E-state index is 9.58. The molecule has 0 radical (unpaired) electrons. The number of rotatable bonds is 2. The van der Waals surface area contributed by atoms with Crippen molar-refractivity contribution in [2.75, 3.05) is 6.61 Å². The van der Waals surface area contributed by atoms with Crippen LogP contribution >= 0.6 is 0 Å². The summed E-state index contributed by atoms with van der Waals surface area (Å²) >= 11 is 0. The molecular formula is C4H8O2. The van der Waals surface area contributed by atoms with E-state index in [0.29, 0.717) is 0 Å². The molecule has 2 nitrogen and oxygen atoms in total.